The van der Waals surface area contributed by atoms with E-state index in [4.69, 9.17) is 10.5 Å². The fourth-order valence-corrected chi connectivity index (χ4v) is 1.62. The van der Waals surface area contributed by atoms with E-state index in [1.165, 1.54) is 5.56 Å². The molecule has 2 aromatic rings. The largest absolute Gasteiger partial charge is 0.493 e. The van der Waals surface area contributed by atoms with Crippen molar-refractivity contribution in [1.29, 1.82) is 0 Å². The van der Waals surface area contributed by atoms with Crippen molar-refractivity contribution in [1.82, 2.24) is 15.2 Å². The van der Waals surface area contributed by atoms with Crippen molar-refractivity contribution in [2.24, 2.45) is 0 Å². The lowest BCUT2D eigenvalue weighted by atomic mass is 10.1. The van der Waals surface area contributed by atoms with E-state index in [0.717, 1.165) is 29.8 Å². The number of nitrogen functional groups attached to an aromatic ring is 1. The third-order valence-corrected chi connectivity index (χ3v) is 2.28. The van der Waals surface area contributed by atoms with E-state index in [2.05, 4.69) is 15.2 Å². The van der Waals surface area contributed by atoms with Crippen LogP contribution in [-0.2, 0) is 6.42 Å². The van der Waals surface area contributed by atoms with E-state index in [0.29, 0.717) is 0 Å². The smallest absolute Gasteiger partial charge is 0.240 e. The van der Waals surface area contributed by atoms with Crippen molar-refractivity contribution < 1.29 is 4.74 Å². The number of rotatable bonds is 0. The van der Waals surface area contributed by atoms with Crippen molar-refractivity contribution >= 4 is 17.0 Å². The van der Waals surface area contributed by atoms with Crippen LogP contribution in [0.5, 0.6) is 5.75 Å². The van der Waals surface area contributed by atoms with Gasteiger partial charge in [0, 0.05) is 12.5 Å². The Kier molecular flexibility index (Phi) is 1.36. The molecule has 70 valence electrons. The minimum atomic E-state index is 0.190. The molecule has 0 saturated carbocycles. The van der Waals surface area contributed by atoms with E-state index >= 15 is 0 Å². The zero-order valence-corrected chi connectivity index (χ0v) is 7.40. The predicted molar refractivity (Wildman–Crippen MR) is 50.9 cm³/mol. The number of hydrogen-bond donors (Lipinski definition) is 1. The Morgan fingerprint density at radius 3 is 3.07 bits per heavy atom. The summed E-state index contributed by atoms with van der Waals surface area (Å²) in [7, 11) is 0. The summed E-state index contributed by atoms with van der Waals surface area (Å²) >= 11 is 0. The van der Waals surface area contributed by atoms with Crippen LogP contribution in [-0.4, -0.2) is 21.8 Å². The van der Waals surface area contributed by atoms with Gasteiger partial charge in [0.25, 0.3) is 0 Å². The van der Waals surface area contributed by atoms with Gasteiger partial charge in [0.15, 0.2) is 0 Å². The molecule has 2 heterocycles. The first-order valence-corrected chi connectivity index (χ1v) is 4.38. The number of anilines is 1. The van der Waals surface area contributed by atoms with Crippen LogP contribution >= 0.6 is 0 Å². The topological polar surface area (TPSA) is 73.9 Å². The first-order chi connectivity index (χ1) is 6.83. The lowest BCUT2D eigenvalue weighted by Gasteiger charge is -2.00. The minimum absolute atomic E-state index is 0.190. The van der Waals surface area contributed by atoms with Crippen molar-refractivity contribution in [3.63, 3.8) is 0 Å². The molecule has 0 bridgehead atoms. The summed E-state index contributed by atoms with van der Waals surface area (Å²) in [6, 6.07) is 3.82. The highest BCUT2D eigenvalue weighted by Gasteiger charge is 2.14. The lowest BCUT2D eigenvalue weighted by Crippen LogP contribution is -1.97. The Bertz CT molecular complexity index is 511. The molecular formula is C9H8N4O. The molecule has 2 N–H and O–H groups in total. The van der Waals surface area contributed by atoms with E-state index < -0.39 is 0 Å². The minimum Gasteiger partial charge on any atom is -0.493 e. The highest BCUT2D eigenvalue weighted by molar-refractivity contribution is 5.78. The second-order valence-electron chi connectivity index (χ2n) is 3.22. The number of nitrogens with zero attached hydrogens (tertiary/aromatic N) is 3. The highest BCUT2D eigenvalue weighted by Crippen LogP contribution is 2.28. The summed E-state index contributed by atoms with van der Waals surface area (Å²) < 4.78 is 5.42. The van der Waals surface area contributed by atoms with Crippen LogP contribution in [0.15, 0.2) is 12.1 Å². The molecule has 1 aromatic carbocycles. The maximum atomic E-state index is 5.44. The van der Waals surface area contributed by atoms with Crippen LogP contribution in [0.3, 0.4) is 0 Å². The normalized spacial score (nSPS) is 14.0. The van der Waals surface area contributed by atoms with Gasteiger partial charge in [0.05, 0.1) is 12.1 Å². The zero-order valence-electron chi connectivity index (χ0n) is 7.40. The van der Waals surface area contributed by atoms with Gasteiger partial charge in [-0.15, -0.1) is 10.2 Å². The molecule has 0 amide bonds. The van der Waals surface area contributed by atoms with Crippen LogP contribution in [0.4, 0.5) is 5.95 Å². The van der Waals surface area contributed by atoms with Crippen molar-refractivity contribution in [2.75, 3.05) is 12.3 Å². The van der Waals surface area contributed by atoms with Gasteiger partial charge in [-0.05, 0) is 11.6 Å². The van der Waals surface area contributed by atoms with Crippen molar-refractivity contribution in [3.8, 4) is 5.75 Å². The number of aromatic nitrogens is 3. The van der Waals surface area contributed by atoms with Crippen LogP contribution in [0.25, 0.3) is 11.0 Å². The molecule has 1 aliphatic rings. The third kappa shape index (κ3) is 0.985. The third-order valence-electron chi connectivity index (χ3n) is 2.28. The van der Waals surface area contributed by atoms with Crippen LogP contribution < -0.4 is 10.5 Å². The fourth-order valence-electron chi connectivity index (χ4n) is 1.62. The molecule has 5 nitrogen and oxygen atoms in total. The molecule has 5 heteroatoms. The summed E-state index contributed by atoms with van der Waals surface area (Å²) in [4.78, 5) is 4.08. The number of benzene rings is 1. The van der Waals surface area contributed by atoms with Crippen LogP contribution in [0.2, 0.25) is 0 Å². The molecule has 14 heavy (non-hydrogen) atoms. The Morgan fingerprint density at radius 1 is 1.21 bits per heavy atom. The van der Waals surface area contributed by atoms with Gasteiger partial charge in [0.2, 0.25) is 5.95 Å². The number of nitrogens with two attached hydrogens (primary N) is 1. The Balaban J connectivity index is 2.33. The van der Waals surface area contributed by atoms with Crippen LogP contribution in [0, 0.1) is 0 Å². The van der Waals surface area contributed by atoms with Gasteiger partial charge in [-0.1, -0.05) is 0 Å². The first kappa shape index (κ1) is 7.49. The van der Waals surface area contributed by atoms with Gasteiger partial charge in [0.1, 0.15) is 11.3 Å². The molecule has 0 spiro atoms. The second-order valence-corrected chi connectivity index (χ2v) is 3.22. The standard InChI is InChI=1S/C9H8N4O/c10-9-11-6-4-8-5(1-2-14-8)3-7(6)12-13-9/h3-4H,1-2H2,(H2,10,11,13). The molecule has 0 atom stereocenters. The fraction of sp³-hybridized carbons (Fsp3) is 0.222. The Morgan fingerprint density at radius 2 is 2.14 bits per heavy atom. The van der Waals surface area contributed by atoms with E-state index in [1.54, 1.807) is 0 Å². The van der Waals surface area contributed by atoms with E-state index in [9.17, 15) is 0 Å². The van der Waals surface area contributed by atoms with Gasteiger partial charge in [-0.2, -0.15) is 0 Å². The summed E-state index contributed by atoms with van der Waals surface area (Å²) in [6.07, 6.45) is 0.928. The van der Waals surface area contributed by atoms with Crippen molar-refractivity contribution in [3.05, 3.63) is 17.7 Å². The average molecular weight is 188 g/mol. The first-order valence-electron chi connectivity index (χ1n) is 4.38. The van der Waals surface area contributed by atoms with Crippen LogP contribution in [0.1, 0.15) is 5.56 Å². The molecule has 0 saturated heterocycles. The maximum Gasteiger partial charge on any atom is 0.240 e. The monoisotopic (exact) mass is 188 g/mol. The summed E-state index contributed by atoms with van der Waals surface area (Å²) in [6.45, 7) is 0.731. The second kappa shape index (κ2) is 2.54. The van der Waals surface area contributed by atoms with E-state index in [1.807, 2.05) is 12.1 Å². The number of ether oxygens (including phenoxy) is 1. The van der Waals surface area contributed by atoms with Gasteiger partial charge < -0.3 is 10.5 Å². The maximum absolute atomic E-state index is 5.44. The summed E-state index contributed by atoms with van der Waals surface area (Å²) in [5, 5.41) is 7.67. The Hall–Kier alpha value is -1.91. The SMILES string of the molecule is Nc1nnc2cc3c(cc2n1)OCC3. The molecule has 0 unspecified atom stereocenters. The van der Waals surface area contributed by atoms with Gasteiger partial charge in [-0.25, -0.2) is 4.98 Å². The lowest BCUT2D eigenvalue weighted by molar-refractivity contribution is 0.357. The molecule has 1 aromatic heterocycles. The number of hydrogen-bond acceptors (Lipinski definition) is 5. The molecule has 1 aliphatic heterocycles. The molecule has 0 radical (unpaired) electrons. The van der Waals surface area contributed by atoms with E-state index in [-0.39, 0.29) is 5.95 Å². The molecule has 3 rings (SSSR count). The Labute approximate surface area is 79.9 Å². The summed E-state index contributed by atoms with van der Waals surface area (Å²) in [5.41, 5.74) is 8.11. The molecule has 0 fully saturated rings. The summed E-state index contributed by atoms with van der Waals surface area (Å²) in [5.74, 6) is 1.08. The number of fused-ring (bicyclic) bond motifs is 2. The zero-order chi connectivity index (χ0) is 9.54. The predicted octanol–water partition coefficient (Wildman–Crippen LogP) is 0.542. The quantitative estimate of drug-likeness (QED) is 0.653. The highest BCUT2D eigenvalue weighted by atomic mass is 16.5. The molecular weight excluding hydrogens is 180 g/mol. The van der Waals surface area contributed by atoms with Gasteiger partial charge >= 0.3 is 0 Å². The van der Waals surface area contributed by atoms with Crippen molar-refractivity contribution in [2.45, 2.75) is 6.42 Å². The molecule has 0 aliphatic carbocycles. The average Bonchev–Trinajstić information content (AvgIpc) is 2.61. The van der Waals surface area contributed by atoms with Gasteiger partial charge in [-0.3, -0.25) is 0 Å².